The molecule has 0 bridgehead atoms. The Morgan fingerprint density at radius 1 is 1.14 bits per heavy atom. The van der Waals surface area contributed by atoms with E-state index in [1.807, 2.05) is 6.07 Å². The van der Waals surface area contributed by atoms with Crippen LogP contribution in [-0.4, -0.2) is 36.5 Å². The van der Waals surface area contributed by atoms with E-state index in [9.17, 15) is 9.59 Å². The smallest absolute Gasteiger partial charge is 0.328 e. The number of hydrogen-bond acceptors (Lipinski definition) is 5. The normalized spacial score (nSPS) is 18.7. The number of esters is 1. The molecule has 1 saturated carbocycles. The van der Waals surface area contributed by atoms with Crippen LogP contribution in [0.15, 0.2) is 24.3 Å². The van der Waals surface area contributed by atoms with Crippen molar-refractivity contribution in [3.05, 3.63) is 49.6 Å². The van der Waals surface area contributed by atoms with Crippen LogP contribution in [0.4, 0.5) is 0 Å². The van der Waals surface area contributed by atoms with Gasteiger partial charge in [0.15, 0.2) is 0 Å². The number of hydrogen-bond donors (Lipinski definition) is 0. The molecule has 1 saturated heterocycles. The topological polar surface area (TPSA) is 55.8 Å². The molecular formula is C21H21Cl2NO4S. The molecule has 1 aliphatic heterocycles. The number of methoxy groups -OCH3 is 1. The van der Waals surface area contributed by atoms with Gasteiger partial charge in [0, 0.05) is 21.5 Å². The molecule has 1 aliphatic carbocycles. The molecule has 29 heavy (non-hydrogen) atoms. The first kappa shape index (κ1) is 20.5. The summed E-state index contributed by atoms with van der Waals surface area (Å²) in [5, 5.41) is 1.03. The van der Waals surface area contributed by atoms with Crippen LogP contribution in [0, 0.1) is 0 Å². The van der Waals surface area contributed by atoms with Gasteiger partial charge in [-0.2, -0.15) is 0 Å². The first-order valence-corrected chi connectivity index (χ1v) is 11.1. The van der Waals surface area contributed by atoms with E-state index >= 15 is 0 Å². The third-order valence-electron chi connectivity index (χ3n) is 5.26. The summed E-state index contributed by atoms with van der Waals surface area (Å²) in [6.45, 7) is 0.920. The van der Waals surface area contributed by atoms with E-state index < -0.39 is 6.04 Å². The van der Waals surface area contributed by atoms with Crippen molar-refractivity contribution >= 4 is 46.4 Å². The van der Waals surface area contributed by atoms with Crippen molar-refractivity contribution in [3.63, 3.8) is 0 Å². The van der Waals surface area contributed by atoms with Gasteiger partial charge in [-0.25, -0.2) is 4.79 Å². The van der Waals surface area contributed by atoms with Crippen LogP contribution < -0.4 is 4.74 Å². The molecule has 4 rings (SSSR count). The molecule has 2 aromatic rings. The van der Waals surface area contributed by atoms with Gasteiger partial charge in [0.1, 0.15) is 18.4 Å². The number of amides is 1. The second-order valence-electron chi connectivity index (χ2n) is 7.34. The second kappa shape index (κ2) is 8.54. The number of ether oxygens (including phenoxy) is 2. The van der Waals surface area contributed by atoms with Gasteiger partial charge in [-0.1, -0.05) is 23.2 Å². The van der Waals surface area contributed by atoms with E-state index in [1.165, 1.54) is 24.0 Å². The van der Waals surface area contributed by atoms with Crippen molar-refractivity contribution in [2.24, 2.45) is 0 Å². The second-order valence-corrected chi connectivity index (χ2v) is 9.35. The third-order valence-corrected chi connectivity index (χ3v) is 6.81. The highest BCUT2D eigenvalue weighted by Gasteiger charge is 2.37. The zero-order valence-electron chi connectivity index (χ0n) is 16.0. The van der Waals surface area contributed by atoms with Crippen LogP contribution in [0.1, 0.15) is 51.7 Å². The summed E-state index contributed by atoms with van der Waals surface area (Å²) in [5.41, 5.74) is 1.17. The fourth-order valence-corrected chi connectivity index (χ4v) is 5.32. The molecule has 2 fully saturated rings. The number of likely N-dealkylation sites (tertiary alicyclic amines) is 1. The Bertz CT molecular complexity index is 921. The van der Waals surface area contributed by atoms with Gasteiger partial charge in [0.2, 0.25) is 0 Å². The summed E-state index contributed by atoms with van der Waals surface area (Å²) in [5.74, 6) is 0.609. The molecule has 0 unspecified atom stereocenters. The van der Waals surface area contributed by atoms with Gasteiger partial charge >= 0.3 is 5.97 Å². The lowest BCUT2D eigenvalue weighted by Crippen LogP contribution is -2.40. The Morgan fingerprint density at radius 3 is 2.52 bits per heavy atom. The molecule has 5 nitrogen and oxygen atoms in total. The van der Waals surface area contributed by atoms with Crippen molar-refractivity contribution < 1.29 is 19.1 Å². The minimum atomic E-state index is -0.493. The highest BCUT2D eigenvalue weighted by Crippen LogP contribution is 2.45. The van der Waals surface area contributed by atoms with Gasteiger partial charge in [-0.15, -0.1) is 11.3 Å². The van der Waals surface area contributed by atoms with Crippen LogP contribution >= 0.6 is 34.5 Å². The predicted octanol–water partition coefficient (Wildman–Crippen LogP) is 5.29. The van der Waals surface area contributed by atoms with Crippen LogP contribution in [-0.2, 0) is 16.1 Å². The monoisotopic (exact) mass is 453 g/mol. The van der Waals surface area contributed by atoms with Gasteiger partial charge in [0.25, 0.3) is 5.91 Å². The maximum Gasteiger partial charge on any atom is 0.328 e. The Labute approximate surface area is 183 Å². The van der Waals surface area contributed by atoms with Crippen molar-refractivity contribution in [1.82, 2.24) is 4.90 Å². The van der Waals surface area contributed by atoms with E-state index in [-0.39, 0.29) is 11.9 Å². The van der Waals surface area contributed by atoms with Gasteiger partial charge in [0.05, 0.1) is 12.0 Å². The minimum absolute atomic E-state index is 0.109. The van der Waals surface area contributed by atoms with Crippen LogP contribution in [0.3, 0.4) is 0 Å². The van der Waals surface area contributed by atoms with Gasteiger partial charge < -0.3 is 14.4 Å². The Hall–Kier alpha value is -1.76. The standard InChI is InChI=1S/C21H21Cl2NO4S/c1-27-21(26)17-3-2-6-24(17)20(25)18-10-16(12-4-5-12)19(29-18)11-28-15-8-13(22)7-14(23)9-15/h7-10,12,17H,2-6,11H2,1H3/t17-/m0/s1. The predicted molar refractivity (Wildman–Crippen MR) is 113 cm³/mol. The Balaban J connectivity index is 1.53. The Morgan fingerprint density at radius 2 is 1.86 bits per heavy atom. The SMILES string of the molecule is COC(=O)[C@@H]1CCCN1C(=O)c1cc(C2CC2)c(COc2cc(Cl)cc(Cl)c2)s1. The number of carbonyl (C=O) groups is 2. The maximum atomic E-state index is 13.1. The third kappa shape index (κ3) is 4.55. The number of carbonyl (C=O) groups excluding carboxylic acids is 2. The van der Waals surface area contributed by atoms with Crippen molar-refractivity contribution in [1.29, 1.82) is 0 Å². The van der Waals surface area contributed by atoms with E-state index in [2.05, 4.69) is 0 Å². The fourth-order valence-electron chi connectivity index (χ4n) is 3.69. The minimum Gasteiger partial charge on any atom is -0.488 e. The summed E-state index contributed by atoms with van der Waals surface area (Å²) in [4.78, 5) is 28.4. The quantitative estimate of drug-likeness (QED) is 0.557. The molecule has 0 N–H and O–H groups in total. The molecule has 154 valence electrons. The lowest BCUT2D eigenvalue weighted by Gasteiger charge is -2.21. The van der Waals surface area contributed by atoms with E-state index in [1.54, 1.807) is 23.1 Å². The zero-order valence-corrected chi connectivity index (χ0v) is 18.3. The summed E-state index contributed by atoms with van der Waals surface area (Å²) >= 11 is 13.5. The highest BCUT2D eigenvalue weighted by molar-refractivity contribution is 7.14. The van der Waals surface area contributed by atoms with Crippen LogP contribution in [0.5, 0.6) is 5.75 Å². The molecule has 1 aromatic heterocycles. The first-order chi connectivity index (χ1) is 14.0. The number of halogens is 2. The van der Waals surface area contributed by atoms with E-state index in [0.29, 0.717) is 46.2 Å². The highest BCUT2D eigenvalue weighted by atomic mass is 35.5. The van der Waals surface area contributed by atoms with Crippen LogP contribution in [0.25, 0.3) is 0 Å². The van der Waals surface area contributed by atoms with Crippen molar-refractivity contribution in [2.75, 3.05) is 13.7 Å². The molecule has 2 aliphatic rings. The molecule has 1 atom stereocenters. The first-order valence-electron chi connectivity index (χ1n) is 9.56. The van der Waals surface area contributed by atoms with Crippen molar-refractivity contribution in [3.8, 4) is 5.75 Å². The van der Waals surface area contributed by atoms with E-state index in [4.69, 9.17) is 32.7 Å². The summed E-state index contributed by atoms with van der Waals surface area (Å²) in [6, 6.07) is 6.57. The van der Waals surface area contributed by atoms with Crippen LogP contribution in [0.2, 0.25) is 10.0 Å². The molecule has 8 heteroatoms. The van der Waals surface area contributed by atoms with Gasteiger partial charge in [-0.05, 0) is 61.4 Å². The number of benzene rings is 1. The summed E-state index contributed by atoms with van der Waals surface area (Å²) < 4.78 is 10.8. The number of nitrogens with zero attached hydrogens (tertiary/aromatic N) is 1. The summed E-state index contributed by atoms with van der Waals surface area (Å²) in [6.07, 6.45) is 3.69. The molecule has 1 amide bonds. The molecular weight excluding hydrogens is 433 g/mol. The van der Waals surface area contributed by atoms with E-state index in [0.717, 1.165) is 24.1 Å². The lowest BCUT2D eigenvalue weighted by molar-refractivity contribution is -0.145. The Kier molecular flexibility index (Phi) is 6.04. The van der Waals surface area contributed by atoms with Gasteiger partial charge in [-0.3, -0.25) is 4.79 Å². The molecule has 1 aromatic carbocycles. The summed E-state index contributed by atoms with van der Waals surface area (Å²) in [7, 11) is 1.36. The number of rotatable bonds is 6. The average Bonchev–Trinajstić information content (AvgIpc) is 3.26. The largest absolute Gasteiger partial charge is 0.488 e. The lowest BCUT2D eigenvalue weighted by atomic mass is 10.1. The zero-order chi connectivity index (χ0) is 20.5. The van der Waals surface area contributed by atoms with Crippen molar-refractivity contribution in [2.45, 2.75) is 44.2 Å². The molecule has 2 heterocycles. The number of thiophene rings is 1. The fraction of sp³-hybridized carbons (Fsp3) is 0.429. The molecule has 0 radical (unpaired) electrons. The molecule has 0 spiro atoms. The maximum absolute atomic E-state index is 13.1. The average molecular weight is 454 g/mol.